The molecule has 0 fully saturated rings. The number of halogens is 2. The summed E-state index contributed by atoms with van der Waals surface area (Å²) >= 11 is 0. The zero-order valence-corrected chi connectivity index (χ0v) is 7.55. The van der Waals surface area contributed by atoms with E-state index in [0.717, 1.165) is 0 Å². The summed E-state index contributed by atoms with van der Waals surface area (Å²) in [6.45, 7) is 0. The molecule has 0 unspecified atom stereocenters. The first kappa shape index (κ1) is 11.8. The molecule has 86 valence electrons. The number of alkyl halides is 2. The maximum absolute atomic E-state index is 12.4. The predicted molar refractivity (Wildman–Crippen MR) is 47.2 cm³/mol. The summed E-state index contributed by atoms with van der Waals surface area (Å²) in [7, 11) is 0. The van der Waals surface area contributed by atoms with Crippen molar-refractivity contribution in [2.24, 2.45) is 0 Å². The Balaban J connectivity index is 3.49. The van der Waals surface area contributed by atoms with Gasteiger partial charge < -0.3 is 21.0 Å². The second-order valence-corrected chi connectivity index (χ2v) is 2.70. The van der Waals surface area contributed by atoms with Crippen LogP contribution in [0.2, 0.25) is 0 Å². The summed E-state index contributed by atoms with van der Waals surface area (Å²) in [5.41, 5.74) is 2.47. The third kappa shape index (κ3) is 2.02. The van der Waals surface area contributed by atoms with Crippen LogP contribution in [0.4, 0.5) is 20.3 Å². The largest absolute Gasteiger partial charge is 0.475 e. The van der Waals surface area contributed by atoms with Gasteiger partial charge in [0.15, 0.2) is 0 Å². The van der Waals surface area contributed by atoms with Crippen LogP contribution in [0.3, 0.4) is 0 Å². The van der Waals surface area contributed by atoms with E-state index in [4.69, 9.17) is 10.8 Å². The molecule has 7 nitrogen and oxygen atoms in total. The van der Waals surface area contributed by atoms with Crippen molar-refractivity contribution in [1.82, 2.24) is 4.98 Å². The lowest BCUT2D eigenvalue weighted by Crippen LogP contribution is -2.10. The molecule has 0 saturated carbocycles. The van der Waals surface area contributed by atoms with Crippen molar-refractivity contribution in [2.75, 3.05) is 5.73 Å². The summed E-state index contributed by atoms with van der Waals surface area (Å²) in [4.78, 5) is 22.9. The average molecular weight is 233 g/mol. The molecule has 0 atom stereocenters. The maximum Gasteiger partial charge on any atom is 0.387 e. The molecule has 0 aliphatic rings. The highest BCUT2D eigenvalue weighted by atomic mass is 19.3. The summed E-state index contributed by atoms with van der Waals surface area (Å²) in [5, 5.41) is 18.9. The molecule has 0 aromatic carbocycles. The minimum absolute atomic E-state index is 0.541. The first-order valence-corrected chi connectivity index (χ1v) is 3.80. The Morgan fingerprint density at radius 2 is 2.19 bits per heavy atom. The zero-order valence-electron chi connectivity index (χ0n) is 7.55. The second-order valence-electron chi connectivity index (χ2n) is 2.70. The molecule has 1 heterocycles. The number of aromatic nitrogens is 1. The number of hydrogen-bond acceptors (Lipinski definition) is 5. The van der Waals surface area contributed by atoms with E-state index in [-0.39, 0.29) is 0 Å². The first-order valence-electron chi connectivity index (χ1n) is 3.80. The Morgan fingerprint density at radius 1 is 1.62 bits per heavy atom. The Morgan fingerprint density at radius 3 is 2.56 bits per heavy atom. The van der Waals surface area contributed by atoms with Gasteiger partial charge in [-0.05, 0) is 16.0 Å². The second kappa shape index (κ2) is 4.04. The van der Waals surface area contributed by atoms with E-state index >= 15 is 0 Å². The van der Waals surface area contributed by atoms with Crippen molar-refractivity contribution in [3.63, 3.8) is 0 Å². The van der Waals surface area contributed by atoms with Gasteiger partial charge in [0.1, 0.15) is 5.69 Å². The van der Waals surface area contributed by atoms with Gasteiger partial charge in [-0.3, -0.25) is 0 Å². The molecule has 0 spiro atoms. The number of hydrogen-bond donors (Lipinski definition) is 2. The summed E-state index contributed by atoms with van der Waals surface area (Å²) in [6, 6.07) is 0.541. The lowest BCUT2D eigenvalue weighted by atomic mass is 10.2. The molecule has 0 aliphatic heterocycles. The van der Waals surface area contributed by atoms with E-state index in [1.807, 2.05) is 0 Å². The number of aromatic carboxylic acids is 1. The standard InChI is InChI=1S/C7H5F2N3O4/c8-5(9)2-1-3(10)6(12(15)16)11-4(2)7(13)14/h1,5H,10H2,(H,13,14). The van der Waals surface area contributed by atoms with Gasteiger partial charge in [-0.1, -0.05) is 0 Å². The predicted octanol–water partition coefficient (Wildman–Crippen LogP) is 1.21. The molecular formula is C7H5F2N3O4. The van der Waals surface area contributed by atoms with E-state index < -0.39 is 40.1 Å². The van der Waals surface area contributed by atoms with Gasteiger partial charge in [0.05, 0.1) is 5.56 Å². The number of pyridine rings is 1. The number of nitrogens with two attached hydrogens (primary N) is 1. The smallest absolute Gasteiger partial charge is 0.387 e. The fourth-order valence-electron chi connectivity index (χ4n) is 1.02. The SMILES string of the molecule is Nc1cc(C(F)F)c(C(=O)O)nc1[N+](=O)[O-]. The highest BCUT2D eigenvalue weighted by Gasteiger charge is 2.29. The van der Waals surface area contributed by atoms with E-state index in [0.29, 0.717) is 6.07 Å². The first-order chi connectivity index (χ1) is 7.34. The third-order valence-electron chi connectivity index (χ3n) is 1.67. The van der Waals surface area contributed by atoms with Gasteiger partial charge >= 0.3 is 11.8 Å². The number of nitrogens with zero attached hydrogens (tertiary/aromatic N) is 2. The van der Waals surface area contributed by atoms with Crippen LogP contribution in [-0.4, -0.2) is 21.0 Å². The van der Waals surface area contributed by atoms with Gasteiger partial charge in [0, 0.05) is 0 Å². The highest BCUT2D eigenvalue weighted by Crippen LogP contribution is 2.28. The lowest BCUT2D eigenvalue weighted by Gasteiger charge is -2.03. The lowest BCUT2D eigenvalue weighted by molar-refractivity contribution is -0.388. The quantitative estimate of drug-likeness (QED) is 0.598. The van der Waals surface area contributed by atoms with Crippen molar-refractivity contribution < 1.29 is 23.6 Å². The molecule has 0 bridgehead atoms. The van der Waals surface area contributed by atoms with Gasteiger partial charge in [-0.2, -0.15) is 0 Å². The Kier molecular flexibility index (Phi) is 2.97. The molecule has 1 aromatic heterocycles. The number of carboxylic acids is 1. The molecule has 3 N–H and O–H groups in total. The topological polar surface area (TPSA) is 119 Å². The fraction of sp³-hybridized carbons (Fsp3) is 0.143. The minimum atomic E-state index is -3.12. The maximum atomic E-state index is 12.4. The molecule has 1 aromatic rings. The molecular weight excluding hydrogens is 228 g/mol. The third-order valence-corrected chi connectivity index (χ3v) is 1.67. The van der Waals surface area contributed by atoms with Crippen LogP contribution >= 0.6 is 0 Å². The number of rotatable bonds is 3. The number of nitrogen functional groups attached to an aromatic ring is 1. The van der Waals surface area contributed by atoms with Crippen molar-refractivity contribution in [3.05, 3.63) is 27.4 Å². The minimum Gasteiger partial charge on any atom is -0.475 e. The van der Waals surface area contributed by atoms with Crippen LogP contribution in [0, 0.1) is 10.1 Å². The Labute approximate surface area is 86.7 Å². The van der Waals surface area contributed by atoms with E-state index in [9.17, 15) is 23.7 Å². The van der Waals surface area contributed by atoms with E-state index in [2.05, 4.69) is 4.98 Å². The molecule has 0 radical (unpaired) electrons. The molecule has 0 saturated heterocycles. The molecule has 0 aliphatic carbocycles. The molecule has 9 heteroatoms. The van der Waals surface area contributed by atoms with Crippen molar-refractivity contribution in [1.29, 1.82) is 0 Å². The summed E-state index contributed by atoms with van der Waals surface area (Å²) < 4.78 is 24.7. The monoisotopic (exact) mass is 233 g/mol. The van der Waals surface area contributed by atoms with Gasteiger partial charge in [-0.25, -0.2) is 13.6 Å². The van der Waals surface area contributed by atoms with Crippen LogP contribution in [0.1, 0.15) is 22.5 Å². The van der Waals surface area contributed by atoms with Crippen molar-refractivity contribution in [2.45, 2.75) is 6.43 Å². The van der Waals surface area contributed by atoms with E-state index in [1.54, 1.807) is 0 Å². The summed E-state index contributed by atoms with van der Waals surface area (Å²) in [6.07, 6.45) is -3.12. The Hall–Kier alpha value is -2.32. The van der Waals surface area contributed by atoms with Crippen LogP contribution in [0.15, 0.2) is 6.07 Å². The molecule has 16 heavy (non-hydrogen) atoms. The Bertz CT molecular complexity index is 463. The van der Waals surface area contributed by atoms with E-state index in [1.165, 1.54) is 0 Å². The number of carboxylic acid groups (broad SMARTS) is 1. The fourth-order valence-corrected chi connectivity index (χ4v) is 1.02. The van der Waals surface area contributed by atoms with Gasteiger partial charge in [-0.15, -0.1) is 0 Å². The average Bonchev–Trinajstić information content (AvgIpc) is 2.15. The summed E-state index contributed by atoms with van der Waals surface area (Å²) in [5.74, 6) is -2.74. The number of anilines is 1. The zero-order chi connectivity index (χ0) is 12.5. The molecule has 1 rings (SSSR count). The number of carbonyl (C=O) groups is 1. The van der Waals surface area contributed by atoms with Crippen LogP contribution < -0.4 is 5.73 Å². The van der Waals surface area contributed by atoms with Crippen LogP contribution in [-0.2, 0) is 0 Å². The van der Waals surface area contributed by atoms with Crippen molar-refractivity contribution in [3.8, 4) is 0 Å². The highest BCUT2D eigenvalue weighted by molar-refractivity contribution is 5.88. The van der Waals surface area contributed by atoms with Crippen molar-refractivity contribution >= 4 is 17.5 Å². The normalized spacial score (nSPS) is 10.4. The van der Waals surface area contributed by atoms with Gasteiger partial charge in [0.25, 0.3) is 12.1 Å². The number of nitro groups is 1. The van der Waals surface area contributed by atoms with Gasteiger partial charge in [0.2, 0.25) is 0 Å². The van der Waals surface area contributed by atoms with Crippen LogP contribution in [0.25, 0.3) is 0 Å². The van der Waals surface area contributed by atoms with Crippen LogP contribution in [0.5, 0.6) is 0 Å². The molecule has 0 amide bonds.